The lowest BCUT2D eigenvalue weighted by Gasteiger charge is -2.29. The van der Waals surface area contributed by atoms with E-state index >= 15 is 0 Å². The van der Waals surface area contributed by atoms with Crippen molar-refractivity contribution in [2.45, 2.75) is 6.92 Å². The fraction of sp³-hybridized carbons (Fsp3) is 0.0833. The number of carbonyl (C=O) groups excluding carboxylic acids is 3. The molecule has 7 nitrogen and oxygen atoms in total. The minimum Gasteiger partial charge on any atom is -0.465 e. The monoisotopic (exact) mass is 514 g/mol. The highest BCUT2D eigenvalue weighted by Gasteiger charge is 2.36. The highest BCUT2D eigenvalue weighted by molar-refractivity contribution is 7.80. The number of thiocarbonyl (C=S) groups is 1. The molecule has 0 saturated carbocycles. The van der Waals surface area contributed by atoms with E-state index < -0.39 is 17.8 Å². The molecule has 1 saturated heterocycles. The molecular weight excluding hydrogens is 499 g/mol. The molecule has 0 unspecified atom stereocenters. The van der Waals surface area contributed by atoms with E-state index in [-0.39, 0.29) is 32.2 Å². The van der Waals surface area contributed by atoms with Gasteiger partial charge in [-0.25, -0.2) is 4.79 Å². The summed E-state index contributed by atoms with van der Waals surface area (Å²) in [6, 6.07) is 13.2. The van der Waals surface area contributed by atoms with Crippen molar-refractivity contribution in [2.75, 3.05) is 12.0 Å². The maximum Gasteiger partial charge on any atom is 0.338 e. The molecule has 1 fully saturated rings. The van der Waals surface area contributed by atoms with Crippen LogP contribution in [0.3, 0.4) is 0 Å². The average molecular weight is 515 g/mol. The smallest absolute Gasteiger partial charge is 0.338 e. The summed E-state index contributed by atoms with van der Waals surface area (Å²) in [4.78, 5) is 38.9. The van der Waals surface area contributed by atoms with E-state index in [4.69, 9.17) is 44.6 Å². The van der Waals surface area contributed by atoms with Gasteiger partial charge >= 0.3 is 5.97 Å². The maximum atomic E-state index is 13.2. The number of halogens is 2. The Morgan fingerprint density at radius 3 is 2.59 bits per heavy atom. The Labute approximate surface area is 209 Å². The normalized spacial score (nSPS) is 15.0. The van der Waals surface area contributed by atoms with E-state index in [0.717, 1.165) is 4.90 Å². The Hall–Kier alpha value is -3.46. The van der Waals surface area contributed by atoms with Crippen molar-refractivity contribution in [1.82, 2.24) is 5.32 Å². The van der Waals surface area contributed by atoms with Crippen molar-refractivity contribution < 1.29 is 23.5 Å². The number of hydrogen-bond donors (Lipinski definition) is 1. The van der Waals surface area contributed by atoms with Crippen LogP contribution in [-0.4, -0.2) is 30.0 Å². The first-order valence-electron chi connectivity index (χ1n) is 9.86. The van der Waals surface area contributed by atoms with Crippen LogP contribution in [0.5, 0.6) is 0 Å². The molecule has 2 amide bonds. The number of rotatable bonds is 4. The van der Waals surface area contributed by atoms with Crippen LogP contribution >= 0.6 is 35.4 Å². The van der Waals surface area contributed by atoms with E-state index in [2.05, 4.69) is 5.32 Å². The number of anilines is 1. The number of methoxy groups -OCH3 is 1. The van der Waals surface area contributed by atoms with Crippen molar-refractivity contribution in [3.63, 3.8) is 0 Å². The van der Waals surface area contributed by atoms with Crippen LogP contribution in [0.15, 0.2) is 58.5 Å². The fourth-order valence-electron chi connectivity index (χ4n) is 3.49. The van der Waals surface area contributed by atoms with Crippen LogP contribution in [0.1, 0.15) is 21.7 Å². The van der Waals surface area contributed by atoms with Gasteiger partial charge in [-0.3, -0.25) is 19.8 Å². The molecule has 1 aromatic heterocycles. The molecule has 2 aromatic carbocycles. The van der Waals surface area contributed by atoms with Crippen LogP contribution in [0, 0.1) is 6.92 Å². The second-order valence-corrected chi connectivity index (χ2v) is 8.37. The Bertz CT molecular complexity index is 1400. The van der Waals surface area contributed by atoms with Gasteiger partial charge in [0.2, 0.25) is 0 Å². The molecule has 172 valence electrons. The summed E-state index contributed by atoms with van der Waals surface area (Å²) >= 11 is 17.5. The van der Waals surface area contributed by atoms with Gasteiger partial charge in [-0.15, -0.1) is 0 Å². The van der Waals surface area contributed by atoms with Gasteiger partial charge in [0.05, 0.1) is 28.4 Å². The topological polar surface area (TPSA) is 88.9 Å². The van der Waals surface area contributed by atoms with Crippen molar-refractivity contribution >= 4 is 70.1 Å². The van der Waals surface area contributed by atoms with Gasteiger partial charge in [-0.2, -0.15) is 0 Å². The summed E-state index contributed by atoms with van der Waals surface area (Å²) in [6.07, 6.45) is 1.31. The highest BCUT2D eigenvalue weighted by Crippen LogP contribution is 2.35. The van der Waals surface area contributed by atoms with Crippen molar-refractivity contribution in [3.05, 3.63) is 81.0 Å². The van der Waals surface area contributed by atoms with Gasteiger partial charge in [-0.05, 0) is 61.1 Å². The lowest BCUT2D eigenvalue weighted by atomic mass is 10.0. The van der Waals surface area contributed by atoms with Gasteiger partial charge in [0.15, 0.2) is 5.11 Å². The zero-order valence-electron chi connectivity index (χ0n) is 17.8. The first-order valence-corrected chi connectivity index (χ1v) is 11.0. The van der Waals surface area contributed by atoms with Crippen LogP contribution < -0.4 is 10.2 Å². The standard InChI is InChI=1S/C24H16Cl2N2O5S/c1-12-14(5-3-6-15(12)23(31)32-2)19-10-9-13(33-19)11-16-21(29)27-24(34)28(22(16)30)18-8-4-7-17(25)20(18)26/h3-11H,1-2H3,(H,27,29,34)/b16-11+. The van der Waals surface area contributed by atoms with Gasteiger partial charge < -0.3 is 9.15 Å². The molecule has 0 atom stereocenters. The lowest BCUT2D eigenvalue weighted by molar-refractivity contribution is -0.122. The third kappa shape index (κ3) is 4.23. The SMILES string of the molecule is COC(=O)c1cccc(-c2ccc(/C=C3\C(=O)NC(=S)N(c4cccc(Cl)c4Cl)C3=O)o2)c1C. The summed E-state index contributed by atoms with van der Waals surface area (Å²) in [5.74, 6) is -1.12. The third-order valence-corrected chi connectivity index (χ3v) is 6.29. The minimum atomic E-state index is -0.681. The fourth-order valence-corrected chi connectivity index (χ4v) is 4.15. The van der Waals surface area contributed by atoms with E-state index in [1.165, 1.54) is 13.2 Å². The second kappa shape index (κ2) is 9.42. The molecule has 1 N–H and O–H groups in total. The van der Waals surface area contributed by atoms with Crippen LogP contribution in [0.2, 0.25) is 10.0 Å². The van der Waals surface area contributed by atoms with Crippen molar-refractivity contribution in [2.24, 2.45) is 0 Å². The van der Waals surface area contributed by atoms with Gasteiger partial charge in [0, 0.05) is 5.56 Å². The molecule has 0 radical (unpaired) electrons. The third-order valence-electron chi connectivity index (χ3n) is 5.19. The molecule has 10 heteroatoms. The molecule has 1 aliphatic rings. The number of ether oxygens (including phenoxy) is 1. The second-order valence-electron chi connectivity index (χ2n) is 7.20. The largest absolute Gasteiger partial charge is 0.465 e. The Morgan fingerprint density at radius 1 is 1.12 bits per heavy atom. The molecule has 2 heterocycles. The zero-order valence-corrected chi connectivity index (χ0v) is 20.2. The van der Waals surface area contributed by atoms with Gasteiger partial charge in [-0.1, -0.05) is 41.4 Å². The molecule has 3 aromatic rings. The zero-order chi connectivity index (χ0) is 24.6. The van der Waals surface area contributed by atoms with E-state index in [1.54, 1.807) is 55.5 Å². The molecule has 34 heavy (non-hydrogen) atoms. The molecular formula is C24H16Cl2N2O5S. The number of carbonyl (C=O) groups is 3. The average Bonchev–Trinajstić information content (AvgIpc) is 3.27. The molecule has 4 rings (SSSR count). The molecule has 0 bridgehead atoms. The number of nitrogens with zero attached hydrogens (tertiary/aromatic N) is 1. The minimum absolute atomic E-state index is 0.119. The molecule has 1 aliphatic heterocycles. The number of benzene rings is 2. The summed E-state index contributed by atoms with van der Waals surface area (Å²) in [5.41, 5.74) is 1.78. The first kappa shape index (κ1) is 23.7. The lowest BCUT2D eigenvalue weighted by Crippen LogP contribution is -2.54. The number of esters is 1. The maximum absolute atomic E-state index is 13.2. The summed E-state index contributed by atoms with van der Waals surface area (Å²) in [5, 5.41) is 2.72. The van der Waals surface area contributed by atoms with Gasteiger partial charge in [0.1, 0.15) is 17.1 Å². The van der Waals surface area contributed by atoms with Crippen LogP contribution in [0.25, 0.3) is 17.4 Å². The van der Waals surface area contributed by atoms with E-state index in [1.807, 2.05) is 0 Å². The molecule has 0 spiro atoms. The number of nitrogens with one attached hydrogen (secondary N) is 1. The highest BCUT2D eigenvalue weighted by atomic mass is 35.5. The number of furan rings is 1. The van der Waals surface area contributed by atoms with Crippen molar-refractivity contribution in [1.29, 1.82) is 0 Å². The summed E-state index contributed by atoms with van der Waals surface area (Å²) < 4.78 is 10.7. The predicted molar refractivity (Wildman–Crippen MR) is 133 cm³/mol. The predicted octanol–water partition coefficient (Wildman–Crippen LogP) is 5.18. The summed E-state index contributed by atoms with van der Waals surface area (Å²) in [7, 11) is 1.31. The summed E-state index contributed by atoms with van der Waals surface area (Å²) in [6.45, 7) is 1.77. The number of amides is 2. The van der Waals surface area contributed by atoms with Crippen LogP contribution in [0.4, 0.5) is 5.69 Å². The first-order chi connectivity index (χ1) is 16.2. The Morgan fingerprint density at radius 2 is 1.85 bits per heavy atom. The van der Waals surface area contributed by atoms with Crippen LogP contribution in [-0.2, 0) is 14.3 Å². The number of hydrogen-bond acceptors (Lipinski definition) is 6. The van der Waals surface area contributed by atoms with E-state index in [9.17, 15) is 14.4 Å². The van der Waals surface area contributed by atoms with E-state index in [0.29, 0.717) is 22.5 Å². The van der Waals surface area contributed by atoms with Gasteiger partial charge in [0.25, 0.3) is 11.8 Å². The Kier molecular flexibility index (Phi) is 6.56. The Balaban J connectivity index is 1.71. The quantitative estimate of drug-likeness (QED) is 0.223. The molecule has 0 aliphatic carbocycles. The van der Waals surface area contributed by atoms with Crippen molar-refractivity contribution in [3.8, 4) is 11.3 Å².